The fourth-order valence-electron chi connectivity index (χ4n) is 4.27. The minimum absolute atomic E-state index is 0.291. The molecule has 1 saturated carbocycles. The Morgan fingerprint density at radius 1 is 1.26 bits per heavy atom. The number of carbonyl (C=O) groups excluding carboxylic acids is 1. The van der Waals surface area contributed by atoms with Crippen LogP contribution in [-0.4, -0.2) is 32.8 Å². The van der Waals surface area contributed by atoms with Crippen molar-refractivity contribution in [3.63, 3.8) is 0 Å². The minimum Gasteiger partial charge on any atom is -0.481 e. The molecule has 4 rings (SSSR count). The molecule has 2 aromatic rings. The van der Waals surface area contributed by atoms with E-state index >= 15 is 0 Å². The third kappa shape index (κ3) is 3.11. The molecule has 2 atom stereocenters. The highest BCUT2D eigenvalue weighted by atomic mass is 19.1. The van der Waals surface area contributed by atoms with Gasteiger partial charge >= 0.3 is 5.97 Å². The summed E-state index contributed by atoms with van der Waals surface area (Å²) in [6.07, 6.45) is 4.35. The van der Waals surface area contributed by atoms with Crippen molar-refractivity contribution in [3.05, 3.63) is 46.5 Å². The summed E-state index contributed by atoms with van der Waals surface area (Å²) in [6, 6.07) is 4.44. The number of carboxylic acids is 1. The molecule has 0 spiro atoms. The summed E-state index contributed by atoms with van der Waals surface area (Å²) in [7, 11) is 0. The smallest absolute Gasteiger partial charge is 0.308 e. The highest BCUT2D eigenvalue weighted by molar-refractivity contribution is 5.95. The van der Waals surface area contributed by atoms with E-state index in [1.807, 2.05) is 6.92 Å². The van der Waals surface area contributed by atoms with Crippen molar-refractivity contribution in [2.75, 3.05) is 0 Å². The number of aryl methyl sites for hydroxylation is 1. The molecule has 2 N–H and O–H groups in total. The summed E-state index contributed by atoms with van der Waals surface area (Å²) in [6.45, 7) is 1.88. The van der Waals surface area contributed by atoms with E-state index in [4.69, 9.17) is 0 Å². The van der Waals surface area contributed by atoms with Gasteiger partial charge < -0.3 is 10.4 Å². The topological polar surface area (TPSA) is 84.2 Å². The van der Waals surface area contributed by atoms with Crippen LogP contribution in [0.4, 0.5) is 4.39 Å². The maximum absolute atomic E-state index is 14.4. The van der Waals surface area contributed by atoms with Crippen LogP contribution in [0.5, 0.6) is 0 Å². The SMILES string of the molecule is Cc1ccc(F)c(-n2nc(C(=O)N[C@@H]3CCC[C@@H]3C(=O)O)c3c2CCC3)c1. The first-order valence-electron chi connectivity index (χ1n) is 9.36. The third-order valence-corrected chi connectivity index (χ3v) is 5.62. The summed E-state index contributed by atoms with van der Waals surface area (Å²) in [5.41, 5.74) is 3.26. The van der Waals surface area contributed by atoms with Crippen LogP contribution >= 0.6 is 0 Å². The summed E-state index contributed by atoms with van der Waals surface area (Å²) in [5.74, 6) is -2.18. The number of rotatable bonds is 4. The van der Waals surface area contributed by atoms with Crippen LogP contribution in [0.1, 0.15) is 53.0 Å². The van der Waals surface area contributed by atoms with E-state index in [1.54, 1.807) is 16.8 Å². The predicted molar refractivity (Wildman–Crippen MR) is 96.5 cm³/mol. The summed E-state index contributed by atoms with van der Waals surface area (Å²) in [5, 5.41) is 16.6. The van der Waals surface area contributed by atoms with Gasteiger partial charge in [-0.2, -0.15) is 5.10 Å². The van der Waals surface area contributed by atoms with Crippen LogP contribution in [0, 0.1) is 18.7 Å². The molecule has 0 bridgehead atoms. The minimum atomic E-state index is -0.879. The normalized spacial score (nSPS) is 21.3. The van der Waals surface area contributed by atoms with E-state index in [2.05, 4.69) is 10.4 Å². The van der Waals surface area contributed by atoms with Gasteiger partial charge in [-0.15, -0.1) is 0 Å². The molecule has 1 aromatic heterocycles. The molecule has 2 aliphatic rings. The number of hydrogen-bond acceptors (Lipinski definition) is 3. The van der Waals surface area contributed by atoms with Crippen molar-refractivity contribution in [1.29, 1.82) is 0 Å². The van der Waals surface area contributed by atoms with Crippen molar-refractivity contribution in [2.24, 2.45) is 5.92 Å². The van der Waals surface area contributed by atoms with Crippen LogP contribution in [0.25, 0.3) is 5.69 Å². The van der Waals surface area contributed by atoms with E-state index < -0.39 is 11.9 Å². The number of halogens is 1. The highest BCUT2D eigenvalue weighted by Crippen LogP contribution is 2.30. The van der Waals surface area contributed by atoms with Gasteiger partial charge in [-0.25, -0.2) is 9.07 Å². The molecule has 0 radical (unpaired) electrons. The molecule has 7 heteroatoms. The van der Waals surface area contributed by atoms with E-state index in [0.29, 0.717) is 24.2 Å². The zero-order valence-corrected chi connectivity index (χ0v) is 15.2. The first-order chi connectivity index (χ1) is 13.0. The van der Waals surface area contributed by atoms with Crippen LogP contribution in [-0.2, 0) is 17.6 Å². The predicted octanol–water partition coefficient (Wildman–Crippen LogP) is 2.79. The lowest BCUT2D eigenvalue weighted by atomic mass is 10.0. The number of benzene rings is 1. The van der Waals surface area contributed by atoms with E-state index in [9.17, 15) is 19.1 Å². The van der Waals surface area contributed by atoms with Gasteiger partial charge in [0.25, 0.3) is 5.91 Å². The van der Waals surface area contributed by atoms with Crippen molar-refractivity contribution < 1.29 is 19.1 Å². The molecule has 1 fully saturated rings. The number of nitrogens with one attached hydrogen (secondary N) is 1. The second-order valence-corrected chi connectivity index (χ2v) is 7.45. The van der Waals surface area contributed by atoms with Gasteiger partial charge in [0.05, 0.1) is 5.92 Å². The first kappa shape index (κ1) is 17.7. The van der Waals surface area contributed by atoms with Gasteiger partial charge in [-0.05, 0) is 56.7 Å². The van der Waals surface area contributed by atoms with Crippen molar-refractivity contribution >= 4 is 11.9 Å². The molecule has 0 saturated heterocycles. The maximum atomic E-state index is 14.4. The van der Waals surface area contributed by atoms with Crippen LogP contribution < -0.4 is 5.32 Å². The Morgan fingerprint density at radius 2 is 2.07 bits per heavy atom. The maximum Gasteiger partial charge on any atom is 0.308 e. The Bertz CT molecular complexity index is 921. The van der Waals surface area contributed by atoms with Crippen molar-refractivity contribution in [2.45, 2.75) is 51.5 Å². The molecule has 0 unspecified atom stereocenters. The molecule has 0 aliphatic heterocycles. The number of carboxylic acid groups (broad SMARTS) is 1. The number of aromatic nitrogens is 2. The molecular formula is C20H22FN3O3. The Balaban J connectivity index is 1.67. The second-order valence-electron chi connectivity index (χ2n) is 7.45. The third-order valence-electron chi connectivity index (χ3n) is 5.62. The lowest BCUT2D eigenvalue weighted by Gasteiger charge is -2.17. The Morgan fingerprint density at radius 3 is 2.85 bits per heavy atom. The number of hydrogen-bond donors (Lipinski definition) is 2. The van der Waals surface area contributed by atoms with Crippen molar-refractivity contribution in [1.82, 2.24) is 15.1 Å². The van der Waals surface area contributed by atoms with E-state index in [1.165, 1.54) is 6.07 Å². The first-order valence-corrected chi connectivity index (χ1v) is 9.36. The van der Waals surface area contributed by atoms with Gasteiger partial charge in [0.1, 0.15) is 11.5 Å². The van der Waals surface area contributed by atoms with Gasteiger partial charge in [0, 0.05) is 17.3 Å². The lowest BCUT2D eigenvalue weighted by Crippen LogP contribution is -2.40. The van der Waals surface area contributed by atoms with E-state index in [-0.39, 0.29) is 17.8 Å². The standard InChI is InChI=1S/C20H22FN3O3/c1-11-8-9-14(21)17(10-11)24-16-7-3-5-13(16)18(23-24)19(25)22-15-6-2-4-12(15)20(26)27/h8-10,12,15H,2-7H2,1H3,(H,22,25)(H,26,27)/t12-,15+/m0/s1. The zero-order valence-electron chi connectivity index (χ0n) is 15.2. The number of nitrogens with zero attached hydrogens (tertiary/aromatic N) is 2. The van der Waals surface area contributed by atoms with Gasteiger partial charge in [0.2, 0.25) is 0 Å². The largest absolute Gasteiger partial charge is 0.481 e. The van der Waals surface area contributed by atoms with Gasteiger partial charge in [-0.3, -0.25) is 9.59 Å². The molecule has 1 aromatic carbocycles. The molecule has 6 nitrogen and oxygen atoms in total. The Kier molecular flexibility index (Phi) is 4.45. The van der Waals surface area contributed by atoms with Crippen LogP contribution in [0.15, 0.2) is 18.2 Å². The average molecular weight is 371 g/mol. The van der Waals surface area contributed by atoms with E-state index in [0.717, 1.165) is 42.5 Å². The Hall–Kier alpha value is -2.70. The second kappa shape index (κ2) is 6.79. The molecule has 27 heavy (non-hydrogen) atoms. The average Bonchev–Trinajstić information content (AvgIpc) is 3.32. The molecule has 1 heterocycles. The molecular weight excluding hydrogens is 349 g/mol. The molecule has 2 aliphatic carbocycles. The number of aliphatic carboxylic acids is 1. The quantitative estimate of drug-likeness (QED) is 0.866. The summed E-state index contributed by atoms with van der Waals surface area (Å²) >= 11 is 0. The lowest BCUT2D eigenvalue weighted by molar-refractivity contribution is -0.142. The summed E-state index contributed by atoms with van der Waals surface area (Å²) < 4.78 is 15.9. The number of carbonyl (C=O) groups is 2. The van der Waals surface area contributed by atoms with Gasteiger partial charge in [0.15, 0.2) is 5.69 Å². The Labute approximate surface area is 156 Å². The van der Waals surface area contributed by atoms with Crippen LogP contribution in [0.2, 0.25) is 0 Å². The fourth-order valence-corrected chi connectivity index (χ4v) is 4.27. The molecule has 142 valence electrons. The van der Waals surface area contributed by atoms with Gasteiger partial charge in [-0.1, -0.05) is 12.5 Å². The fraction of sp³-hybridized carbons (Fsp3) is 0.450. The summed E-state index contributed by atoms with van der Waals surface area (Å²) in [4.78, 5) is 24.2. The number of amides is 1. The molecule has 1 amide bonds. The van der Waals surface area contributed by atoms with Crippen molar-refractivity contribution in [3.8, 4) is 5.69 Å². The monoisotopic (exact) mass is 371 g/mol. The highest BCUT2D eigenvalue weighted by Gasteiger charge is 2.36. The zero-order chi connectivity index (χ0) is 19.1. The number of fused-ring (bicyclic) bond motifs is 1. The van der Waals surface area contributed by atoms with Crippen LogP contribution in [0.3, 0.4) is 0 Å².